The third-order valence-electron chi connectivity index (χ3n) is 4.39. The third kappa shape index (κ3) is 3.05. The number of piperidine rings is 1. The number of carbonyl (C=O) groups excluding carboxylic acids is 2. The Labute approximate surface area is 139 Å². The van der Waals surface area contributed by atoms with Gasteiger partial charge in [0.15, 0.2) is 0 Å². The summed E-state index contributed by atoms with van der Waals surface area (Å²) >= 11 is 0. The Hall–Kier alpha value is -2.96. The summed E-state index contributed by atoms with van der Waals surface area (Å²) in [7, 11) is 0. The molecule has 2 amide bonds. The van der Waals surface area contributed by atoms with E-state index in [1.807, 2.05) is 30.3 Å². The van der Waals surface area contributed by atoms with Gasteiger partial charge in [-0.25, -0.2) is 9.97 Å². The Balaban J connectivity index is 1.82. The number of amides is 2. The topological polar surface area (TPSA) is 110 Å². The van der Waals surface area contributed by atoms with Crippen LogP contribution in [-0.2, 0) is 21.5 Å². The quantitative estimate of drug-likeness (QED) is 0.759. The molecule has 7 nitrogen and oxygen atoms in total. The molecule has 3 rings (SSSR count). The number of rotatable bonds is 4. The number of anilines is 1. The normalized spacial score (nSPS) is 20.2. The number of nitrogens with one attached hydrogen (secondary N) is 2. The second-order valence-electron chi connectivity index (χ2n) is 5.84. The lowest BCUT2D eigenvalue weighted by molar-refractivity contribution is -0.131. The van der Waals surface area contributed by atoms with Crippen molar-refractivity contribution >= 4 is 17.6 Å². The molecule has 0 spiro atoms. The van der Waals surface area contributed by atoms with Crippen molar-refractivity contribution in [2.75, 3.05) is 12.3 Å². The van der Waals surface area contributed by atoms with Crippen molar-refractivity contribution in [1.29, 1.82) is 0 Å². The van der Waals surface area contributed by atoms with Crippen molar-refractivity contribution in [2.24, 2.45) is 0 Å². The summed E-state index contributed by atoms with van der Waals surface area (Å²) in [5.74, 6) is 0.169. The van der Waals surface area contributed by atoms with E-state index in [4.69, 9.17) is 5.73 Å². The lowest BCUT2D eigenvalue weighted by Crippen LogP contribution is -2.55. The highest BCUT2D eigenvalue weighted by atomic mass is 16.2. The van der Waals surface area contributed by atoms with Gasteiger partial charge in [-0.1, -0.05) is 30.3 Å². The predicted molar refractivity (Wildman–Crippen MR) is 88.7 cm³/mol. The molecular formula is C17H19N5O2. The zero-order valence-electron chi connectivity index (χ0n) is 13.2. The monoisotopic (exact) mass is 325 g/mol. The average molecular weight is 325 g/mol. The fraction of sp³-hybridized carbons (Fsp3) is 0.294. The fourth-order valence-electron chi connectivity index (χ4n) is 2.93. The van der Waals surface area contributed by atoms with Crippen LogP contribution in [0.1, 0.15) is 24.0 Å². The minimum atomic E-state index is -0.778. The summed E-state index contributed by atoms with van der Waals surface area (Å²) in [6.45, 7) is 0.524. The van der Waals surface area contributed by atoms with Crippen LogP contribution >= 0.6 is 0 Å². The van der Waals surface area contributed by atoms with E-state index in [1.54, 1.807) is 6.20 Å². The van der Waals surface area contributed by atoms with E-state index in [1.165, 1.54) is 6.33 Å². The van der Waals surface area contributed by atoms with E-state index in [0.717, 1.165) is 5.56 Å². The van der Waals surface area contributed by atoms with Crippen molar-refractivity contribution < 1.29 is 9.59 Å². The maximum atomic E-state index is 13.0. The van der Waals surface area contributed by atoms with Crippen LogP contribution in [0.4, 0.5) is 5.82 Å². The molecule has 2 heterocycles. The third-order valence-corrected chi connectivity index (χ3v) is 4.39. The number of carbonyl (C=O) groups is 2. The highest BCUT2D eigenvalue weighted by Gasteiger charge is 2.43. The summed E-state index contributed by atoms with van der Waals surface area (Å²) in [4.78, 5) is 32.4. The molecule has 0 bridgehead atoms. The van der Waals surface area contributed by atoms with Gasteiger partial charge in [0.05, 0.1) is 5.41 Å². The van der Waals surface area contributed by atoms with Crippen molar-refractivity contribution in [3.05, 3.63) is 54.0 Å². The highest BCUT2D eigenvalue weighted by Crippen LogP contribution is 2.32. The SMILES string of the molecule is Nc1ncncc1CNC(=O)C1(c2ccccc2)CCC(=O)NC1. The number of hydrogen-bond acceptors (Lipinski definition) is 5. The largest absolute Gasteiger partial charge is 0.383 e. The van der Waals surface area contributed by atoms with Crippen LogP contribution in [0.5, 0.6) is 0 Å². The van der Waals surface area contributed by atoms with Crippen molar-refractivity contribution in [1.82, 2.24) is 20.6 Å². The summed E-state index contributed by atoms with van der Waals surface area (Å²) in [6.07, 6.45) is 3.73. The average Bonchev–Trinajstić information content (AvgIpc) is 2.62. The fourth-order valence-corrected chi connectivity index (χ4v) is 2.93. The molecule has 7 heteroatoms. The summed E-state index contributed by atoms with van der Waals surface area (Å²) < 4.78 is 0. The van der Waals surface area contributed by atoms with Gasteiger partial charge >= 0.3 is 0 Å². The van der Waals surface area contributed by atoms with E-state index < -0.39 is 5.41 Å². The van der Waals surface area contributed by atoms with E-state index in [9.17, 15) is 9.59 Å². The number of nitrogens with two attached hydrogens (primary N) is 1. The molecule has 4 N–H and O–H groups in total. The van der Waals surface area contributed by atoms with Crippen LogP contribution in [0.15, 0.2) is 42.9 Å². The molecule has 2 aromatic rings. The van der Waals surface area contributed by atoms with Gasteiger partial charge in [0.1, 0.15) is 12.1 Å². The van der Waals surface area contributed by atoms with Crippen molar-refractivity contribution in [2.45, 2.75) is 24.8 Å². The highest BCUT2D eigenvalue weighted by molar-refractivity contribution is 5.91. The van der Waals surface area contributed by atoms with Crippen LogP contribution in [0.3, 0.4) is 0 Å². The molecule has 1 fully saturated rings. The zero-order chi connectivity index (χ0) is 17.0. The standard InChI is InChI=1S/C17H19N5O2/c18-15-12(8-19-11-22-15)9-20-16(24)17(7-6-14(23)21-10-17)13-4-2-1-3-5-13/h1-5,8,11H,6-7,9-10H2,(H,20,24)(H,21,23)(H2,18,19,22). The Kier molecular flexibility index (Phi) is 4.41. The first-order valence-electron chi connectivity index (χ1n) is 7.77. The van der Waals surface area contributed by atoms with Gasteiger partial charge in [0, 0.05) is 31.3 Å². The zero-order valence-corrected chi connectivity index (χ0v) is 13.2. The molecule has 24 heavy (non-hydrogen) atoms. The van der Waals surface area contributed by atoms with Crippen LogP contribution in [0, 0.1) is 0 Å². The molecule has 124 valence electrons. The minimum absolute atomic E-state index is 0.0324. The van der Waals surface area contributed by atoms with Gasteiger partial charge < -0.3 is 16.4 Å². The number of benzene rings is 1. The maximum Gasteiger partial charge on any atom is 0.232 e. The molecule has 1 unspecified atom stereocenters. The van der Waals surface area contributed by atoms with Crippen LogP contribution in [0.2, 0.25) is 0 Å². The van der Waals surface area contributed by atoms with Crippen LogP contribution < -0.4 is 16.4 Å². The van der Waals surface area contributed by atoms with Gasteiger partial charge in [-0.3, -0.25) is 9.59 Å². The lowest BCUT2D eigenvalue weighted by Gasteiger charge is -2.36. The molecule has 1 aromatic carbocycles. The van der Waals surface area contributed by atoms with Gasteiger partial charge in [-0.15, -0.1) is 0 Å². The number of nitrogen functional groups attached to an aromatic ring is 1. The molecule has 0 aliphatic carbocycles. The smallest absolute Gasteiger partial charge is 0.232 e. The van der Waals surface area contributed by atoms with Crippen molar-refractivity contribution in [3.8, 4) is 0 Å². The molecule has 0 radical (unpaired) electrons. The first kappa shape index (κ1) is 15.9. The molecule has 1 saturated heterocycles. The van der Waals surface area contributed by atoms with E-state index >= 15 is 0 Å². The second kappa shape index (κ2) is 6.66. The van der Waals surface area contributed by atoms with E-state index in [2.05, 4.69) is 20.6 Å². The first-order valence-corrected chi connectivity index (χ1v) is 7.77. The molecule has 1 aliphatic rings. The van der Waals surface area contributed by atoms with E-state index in [-0.39, 0.29) is 24.9 Å². The van der Waals surface area contributed by atoms with Gasteiger partial charge in [-0.05, 0) is 12.0 Å². The van der Waals surface area contributed by atoms with E-state index in [0.29, 0.717) is 24.2 Å². The molecule has 0 saturated carbocycles. The molecular weight excluding hydrogens is 306 g/mol. The number of nitrogens with zero attached hydrogens (tertiary/aromatic N) is 2. The Morgan fingerprint density at radius 3 is 2.79 bits per heavy atom. The Morgan fingerprint density at radius 2 is 2.12 bits per heavy atom. The van der Waals surface area contributed by atoms with Gasteiger partial charge in [0.2, 0.25) is 11.8 Å². The summed E-state index contributed by atoms with van der Waals surface area (Å²) in [5, 5.41) is 5.73. The first-order chi connectivity index (χ1) is 11.6. The van der Waals surface area contributed by atoms with Gasteiger partial charge in [0.25, 0.3) is 0 Å². The Bertz CT molecular complexity index is 738. The van der Waals surface area contributed by atoms with Gasteiger partial charge in [-0.2, -0.15) is 0 Å². The molecule has 1 atom stereocenters. The Morgan fingerprint density at radius 1 is 1.33 bits per heavy atom. The lowest BCUT2D eigenvalue weighted by atomic mass is 9.73. The number of aromatic nitrogens is 2. The summed E-state index contributed by atoms with van der Waals surface area (Å²) in [5.41, 5.74) is 6.56. The predicted octanol–water partition coefficient (Wildman–Crippen LogP) is 0.523. The molecule has 1 aliphatic heterocycles. The van der Waals surface area contributed by atoms with Crippen LogP contribution in [-0.4, -0.2) is 28.3 Å². The minimum Gasteiger partial charge on any atom is -0.383 e. The van der Waals surface area contributed by atoms with Crippen molar-refractivity contribution in [3.63, 3.8) is 0 Å². The summed E-state index contributed by atoms with van der Waals surface area (Å²) in [6, 6.07) is 9.51. The maximum absolute atomic E-state index is 13.0. The van der Waals surface area contributed by atoms with Crippen LogP contribution in [0.25, 0.3) is 0 Å². The molecule has 1 aromatic heterocycles. The second-order valence-corrected chi connectivity index (χ2v) is 5.84. The number of hydrogen-bond donors (Lipinski definition) is 3.